The number of rotatable bonds is 13. The van der Waals surface area contributed by atoms with E-state index in [-0.39, 0.29) is 36.7 Å². The van der Waals surface area contributed by atoms with Crippen molar-refractivity contribution >= 4 is 21.8 Å². The first-order valence-electron chi connectivity index (χ1n) is 10.2. The van der Waals surface area contributed by atoms with Crippen LogP contribution in [0.2, 0.25) is 0 Å². The van der Waals surface area contributed by atoms with Crippen LogP contribution in [0, 0.1) is 0 Å². The van der Waals surface area contributed by atoms with Crippen LogP contribution in [0.25, 0.3) is 0 Å². The van der Waals surface area contributed by atoms with Gasteiger partial charge in [-0.1, -0.05) is 12.1 Å². The number of methoxy groups -OCH3 is 4. The van der Waals surface area contributed by atoms with Crippen molar-refractivity contribution in [1.82, 2.24) is 15.4 Å². The standard InChI is InChI=1S/C22H29N3O8S/c1-30-10-9-25-34(28,29)17-7-5-15(6-8-17)13-23-20(26)14-24-22(27)16-11-18(31-2)21(33-4)19(12-16)32-3/h5-8,11-12,25H,9-10,13-14H2,1-4H3,(H,23,26)(H,24,27). The van der Waals surface area contributed by atoms with Gasteiger partial charge in [0.25, 0.3) is 5.91 Å². The van der Waals surface area contributed by atoms with Gasteiger partial charge in [0.15, 0.2) is 11.5 Å². The maximum Gasteiger partial charge on any atom is 0.251 e. The number of carbonyl (C=O) groups excluding carboxylic acids is 2. The molecule has 0 bridgehead atoms. The van der Waals surface area contributed by atoms with Crippen LogP contribution in [0.5, 0.6) is 17.2 Å². The third-order valence-electron chi connectivity index (χ3n) is 4.66. The van der Waals surface area contributed by atoms with Gasteiger partial charge in [0.2, 0.25) is 21.7 Å². The molecule has 11 nitrogen and oxygen atoms in total. The molecular formula is C22H29N3O8S. The molecule has 186 valence electrons. The van der Waals surface area contributed by atoms with Crippen LogP contribution in [0.4, 0.5) is 0 Å². The lowest BCUT2D eigenvalue weighted by molar-refractivity contribution is -0.120. The molecule has 0 aliphatic heterocycles. The van der Waals surface area contributed by atoms with E-state index in [2.05, 4.69) is 15.4 Å². The summed E-state index contributed by atoms with van der Waals surface area (Å²) in [5.74, 6) is 0.0687. The van der Waals surface area contributed by atoms with E-state index in [4.69, 9.17) is 18.9 Å². The molecule has 2 aromatic carbocycles. The molecule has 0 saturated heterocycles. The molecule has 0 unspecified atom stereocenters. The molecule has 0 atom stereocenters. The van der Waals surface area contributed by atoms with Crippen LogP contribution in [-0.2, 0) is 26.1 Å². The Balaban J connectivity index is 1.90. The normalized spacial score (nSPS) is 10.9. The van der Waals surface area contributed by atoms with E-state index in [0.29, 0.717) is 22.8 Å². The monoisotopic (exact) mass is 495 g/mol. The van der Waals surface area contributed by atoms with Gasteiger partial charge in [-0.05, 0) is 29.8 Å². The summed E-state index contributed by atoms with van der Waals surface area (Å²) in [6, 6.07) is 9.05. The quantitative estimate of drug-likeness (QED) is 0.345. The van der Waals surface area contributed by atoms with E-state index >= 15 is 0 Å². The third-order valence-corrected chi connectivity index (χ3v) is 6.13. The molecule has 2 aromatic rings. The van der Waals surface area contributed by atoms with Gasteiger partial charge in [0, 0.05) is 25.8 Å². The molecule has 0 aliphatic carbocycles. The summed E-state index contributed by atoms with van der Waals surface area (Å²) < 4.78 is 47.3. The summed E-state index contributed by atoms with van der Waals surface area (Å²) >= 11 is 0. The van der Waals surface area contributed by atoms with Crippen LogP contribution in [0.1, 0.15) is 15.9 Å². The zero-order valence-corrected chi connectivity index (χ0v) is 20.3. The number of amides is 2. The second-order valence-corrected chi connectivity index (χ2v) is 8.67. The number of benzene rings is 2. The van der Waals surface area contributed by atoms with Crippen molar-refractivity contribution in [3.8, 4) is 17.2 Å². The second kappa shape index (κ2) is 12.8. The molecular weight excluding hydrogens is 466 g/mol. The van der Waals surface area contributed by atoms with Crippen molar-refractivity contribution in [2.75, 3.05) is 48.1 Å². The Kier molecular flexibility index (Phi) is 10.1. The van der Waals surface area contributed by atoms with Crippen molar-refractivity contribution in [3.05, 3.63) is 47.5 Å². The minimum absolute atomic E-state index is 0.108. The Morgan fingerprint density at radius 3 is 2.03 bits per heavy atom. The highest BCUT2D eigenvalue weighted by molar-refractivity contribution is 7.89. The number of sulfonamides is 1. The molecule has 0 saturated carbocycles. The zero-order chi connectivity index (χ0) is 25.1. The number of hydrogen-bond donors (Lipinski definition) is 3. The molecule has 2 rings (SSSR count). The maximum atomic E-state index is 12.5. The van der Waals surface area contributed by atoms with E-state index in [1.807, 2.05) is 0 Å². The molecule has 0 fully saturated rings. The summed E-state index contributed by atoms with van der Waals surface area (Å²) in [4.78, 5) is 24.7. The first kappa shape index (κ1) is 26.9. The molecule has 2 amide bonds. The lowest BCUT2D eigenvalue weighted by atomic mass is 10.1. The van der Waals surface area contributed by atoms with Crippen LogP contribution in [0.15, 0.2) is 41.3 Å². The smallest absolute Gasteiger partial charge is 0.251 e. The van der Waals surface area contributed by atoms with Crippen molar-refractivity contribution in [2.45, 2.75) is 11.4 Å². The van der Waals surface area contributed by atoms with E-state index < -0.39 is 21.8 Å². The Bertz CT molecular complexity index is 1060. The topological polar surface area (TPSA) is 141 Å². The highest BCUT2D eigenvalue weighted by atomic mass is 32.2. The average molecular weight is 496 g/mol. The Hall–Kier alpha value is -3.35. The number of nitrogens with one attached hydrogen (secondary N) is 3. The van der Waals surface area contributed by atoms with Gasteiger partial charge in [-0.25, -0.2) is 13.1 Å². The minimum Gasteiger partial charge on any atom is -0.493 e. The van der Waals surface area contributed by atoms with Crippen molar-refractivity contribution in [2.24, 2.45) is 0 Å². The summed E-state index contributed by atoms with van der Waals surface area (Å²) in [7, 11) is 2.18. The molecule has 0 radical (unpaired) electrons. The van der Waals surface area contributed by atoms with Gasteiger partial charge < -0.3 is 29.6 Å². The lowest BCUT2D eigenvalue weighted by Gasteiger charge is -2.14. The van der Waals surface area contributed by atoms with Gasteiger partial charge in [0.1, 0.15) is 0 Å². The zero-order valence-electron chi connectivity index (χ0n) is 19.5. The number of ether oxygens (including phenoxy) is 4. The Morgan fingerprint density at radius 1 is 0.882 bits per heavy atom. The van der Waals surface area contributed by atoms with E-state index in [0.717, 1.165) is 0 Å². The average Bonchev–Trinajstić information content (AvgIpc) is 2.85. The number of carbonyl (C=O) groups is 2. The molecule has 0 heterocycles. The molecule has 12 heteroatoms. The fourth-order valence-corrected chi connectivity index (χ4v) is 3.90. The van der Waals surface area contributed by atoms with E-state index in [9.17, 15) is 18.0 Å². The van der Waals surface area contributed by atoms with E-state index in [1.165, 1.54) is 52.7 Å². The first-order valence-corrected chi connectivity index (χ1v) is 11.7. The van der Waals surface area contributed by atoms with E-state index in [1.54, 1.807) is 12.1 Å². The second-order valence-electron chi connectivity index (χ2n) is 6.91. The minimum atomic E-state index is -3.63. The molecule has 3 N–H and O–H groups in total. The molecule has 34 heavy (non-hydrogen) atoms. The van der Waals surface area contributed by atoms with Crippen LogP contribution in [-0.4, -0.2) is 68.4 Å². The van der Waals surface area contributed by atoms with Gasteiger partial charge in [-0.2, -0.15) is 0 Å². The maximum absolute atomic E-state index is 12.5. The molecule has 0 aromatic heterocycles. The van der Waals surface area contributed by atoms with Gasteiger partial charge in [-0.15, -0.1) is 0 Å². The predicted molar refractivity (Wildman–Crippen MR) is 124 cm³/mol. The van der Waals surface area contributed by atoms with Gasteiger partial charge in [0.05, 0.1) is 39.4 Å². The Labute approximate surface area is 198 Å². The van der Waals surface area contributed by atoms with Gasteiger partial charge in [-0.3, -0.25) is 9.59 Å². The molecule has 0 aliphatic rings. The van der Waals surface area contributed by atoms with Crippen molar-refractivity contribution in [1.29, 1.82) is 0 Å². The Morgan fingerprint density at radius 2 is 1.50 bits per heavy atom. The third kappa shape index (κ3) is 7.33. The fourth-order valence-electron chi connectivity index (χ4n) is 2.89. The largest absolute Gasteiger partial charge is 0.493 e. The summed E-state index contributed by atoms with van der Waals surface area (Å²) in [6.07, 6.45) is 0. The van der Waals surface area contributed by atoms with Gasteiger partial charge >= 0.3 is 0 Å². The van der Waals surface area contributed by atoms with Crippen molar-refractivity contribution < 1.29 is 37.0 Å². The predicted octanol–water partition coefficient (Wildman–Crippen LogP) is 0.683. The highest BCUT2D eigenvalue weighted by Crippen LogP contribution is 2.38. The van der Waals surface area contributed by atoms with Crippen molar-refractivity contribution in [3.63, 3.8) is 0 Å². The molecule has 0 spiro atoms. The highest BCUT2D eigenvalue weighted by Gasteiger charge is 2.17. The van der Waals surface area contributed by atoms with Crippen LogP contribution < -0.4 is 29.6 Å². The summed E-state index contributed by atoms with van der Waals surface area (Å²) in [5, 5.41) is 5.19. The number of hydrogen-bond acceptors (Lipinski definition) is 8. The summed E-state index contributed by atoms with van der Waals surface area (Å²) in [6.45, 7) is 0.333. The SMILES string of the molecule is COCCNS(=O)(=O)c1ccc(CNC(=O)CNC(=O)c2cc(OC)c(OC)c(OC)c2)cc1. The fraction of sp³-hybridized carbons (Fsp3) is 0.364. The van der Waals surface area contributed by atoms with Crippen LogP contribution >= 0.6 is 0 Å². The first-order chi connectivity index (χ1) is 16.2. The lowest BCUT2D eigenvalue weighted by Crippen LogP contribution is -2.36. The van der Waals surface area contributed by atoms with Crippen LogP contribution in [0.3, 0.4) is 0 Å². The summed E-state index contributed by atoms with van der Waals surface area (Å²) in [5.41, 5.74) is 0.929.